The van der Waals surface area contributed by atoms with Gasteiger partial charge in [0.05, 0.1) is 6.42 Å². The number of hydrogen-bond donors (Lipinski definition) is 2. The highest BCUT2D eigenvalue weighted by Crippen LogP contribution is 2.28. The van der Waals surface area contributed by atoms with Crippen LogP contribution in [0.4, 0.5) is 4.79 Å². The molecule has 6 heteroatoms. The van der Waals surface area contributed by atoms with E-state index in [1.165, 1.54) is 6.42 Å². The van der Waals surface area contributed by atoms with Gasteiger partial charge in [-0.25, -0.2) is 4.79 Å². The smallest absolute Gasteiger partial charge is 0.317 e. The maximum atomic E-state index is 12.3. The van der Waals surface area contributed by atoms with E-state index in [0.717, 1.165) is 25.9 Å². The Morgan fingerprint density at radius 2 is 2.15 bits per heavy atom. The molecule has 0 saturated carbocycles. The van der Waals surface area contributed by atoms with E-state index in [1.807, 2.05) is 6.92 Å². The molecule has 114 valence electrons. The van der Waals surface area contributed by atoms with Crippen LogP contribution in [-0.2, 0) is 4.79 Å². The standard InChI is InChI=1S/C14H25N3O3/c1-3-17(10(2)9-13(18)19)14(20)15-11-6-8-16-7-4-5-12(11)16/h10-12H,3-9H2,1-2H3,(H,15,20)(H,18,19). The van der Waals surface area contributed by atoms with Crippen LogP contribution in [0.1, 0.15) is 39.5 Å². The average Bonchev–Trinajstić information content (AvgIpc) is 2.94. The summed E-state index contributed by atoms with van der Waals surface area (Å²) in [7, 11) is 0. The molecule has 0 aromatic heterocycles. The summed E-state index contributed by atoms with van der Waals surface area (Å²) in [4.78, 5) is 27.2. The lowest BCUT2D eigenvalue weighted by Gasteiger charge is -2.30. The van der Waals surface area contributed by atoms with Crippen LogP contribution < -0.4 is 5.32 Å². The normalized spacial score (nSPS) is 27.1. The van der Waals surface area contributed by atoms with Gasteiger partial charge in [-0.1, -0.05) is 0 Å². The summed E-state index contributed by atoms with van der Waals surface area (Å²) in [5.41, 5.74) is 0. The van der Waals surface area contributed by atoms with Crippen LogP contribution in [0.2, 0.25) is 0 Å². The summed E-state index contributed by atoms with van der Waals surface area (Å²) < 4.78 is 0. The molecule has 2 heterocycles. The molecule has 2 amide bonds. The summed E-state index contributed by atoms with van der Waals surface area (Å²) in [5.74, 6) is -0.869. The van der Waals surface area contributed by atoms with Crippen molar-refractivity contribution in [2.24, 2.45) is 0 Å². The molecule has 6 nitrogen and oxygen atoms in total. The number of carbonyl (C=O) groups excluding carboxylic acids is 1. The minimum absolute atomic E-state index is 0.0124. The second kappa shape index (κ2) is 6.43. The maximum Gasteiger partial charge on any atom is 0.317 e. The first-order valence-corrected chi connectivity index (χ1v) is 7.56. The molecule has 0 aromatic carbocycles. The minimum Gasteiger partial charge on any atom is -0.481 e. The molecule has 20 heavy (non-hydrogen) atoms. The highest BCUT2D eigenvalue weighted by molar-refractivity contribution is 5.76. The van der Waals surface area contributed by atoms with Crippen molar-refractivity contribution in [2.75, 3.05) is 19.6 Å². The van der Waals surface area contributed by atoms with Crippen molar-refractivity contribution in [2.45, 2.75) is 57.7 Å². The van der Waals surface area contributed by atoms with Gasteiger partial charge in [-0.3, -0.25) is 9.69 Å². The highest BCUT2D eigenvalue weighted by atomic mass is 16.4. The SMILES string of the molecule is CCN(C(=O)NC1CCN2CCCC12)C(C)CC(=O)O. The fourth-order valence-corrected chi connectivity index (χ4v) is 3.51. The van der Waals surface area contributed by atoms with Crippen LogP contribution >= 0.6 is 0 Å². The zero-order valence-electron chi connectivity index (χ0n) is 12.3. The van der Waals surface area contributed by atoms with E-state index in [1.54, 1.807) is 11.8 Å². The number of nitrogens with one attached hydrogen (secondary N) is 1. The average molecular weight is 283 g/mol. The molecule has 2 N–H and O–H groups in total. The van der Waals surface area contributed by atoms with Gasteiger partial charge < -0.3 is 15.3 Å². The largest absolute Gasteiger partial charge is 0.481 e. The number of carbonyl (C=O) groups is 2. The van der Waals surface area contributed by atoms with E-state index in [2.05, 4.69) is 10.2 Å². The van der Waals surface area contributed by atoms with E-state index in [4.69, 9.17) is 5.11 Å². The van der Waals surface area contributed by atoms with E-state index in [9.17, 15) is 9.59 Å². The number of amides is 2. The molecule has 2 aliphatic rings. The highest BCUT2D eigenvalue weighted by Gasteiger charge is 2.38. The van der Waals surface area contributed by atoms with Crippen LogP contribution in [0.3, 0.4) is 0 Å². The Balaban J connectivity index is 1.90. The molecule has 0 spiro atoms. The lowest BCUT2D eigenvalue weighted by atomic mass is 10.1. The van der Waals surface area contributed by atoms with Crippen LogP contribution in [0.25, 0.3) is 0 Å². The molecule has 2 aliphatic heterocycles. The van der Waals surface area contributed by atoms with Gasteiger partial charge in [-0.05, 0) is 39.7 Å². The van der Waals surface area contributed by atoms with Gasteiger partial charge in [0.15, 0.2) is 0 Å². The third-order valence-electron chi connectivity index (χ3n) is 4.52. The zero-order valence-corrected chi connectivity index (χ0v) is 12.3. The molecule has 2 rings (SSSR count). The van der Waals surface area contributed by atoms with Gasteiger partial charge in [-0.2, -0.15) is 0 Å². The summed E-state index contributed by atoms with van der Waals surface area (Å²) in [6.07, 6.45) is 3.36. The van der Waals surface area contributed by atoms with Crippen molar-refractivity contribution < 1.29 is 14.7 Å². The van der Waals surface area contributed by atoms with E-state index in [-0.39, 0.29) is 24.5 Å². The topological polar surface area (TPSA) is 72.9 Å². The molecule has 0 aromatic rings. The third kappa shape index (κ3) is 3.23. The van der Waals surface area contributed by atoms with E-state index >= 15 is 0 Å². The molecule has 0 aliphatic carbocycles. The predicted molar refractivity (Wildman–Crippen MR) is 75.6 cm³/mol. The quantitative estimate of drug-likeness (QED) is 0.793. The van der Waals surface area contributed by atoms with Gasteiger partial charge in [0.25, 0.3) is 0 Å². The lowest BCUT2D eigenvalue weighted by molar-refractivity contribution is -0.138. The number of rotatable bonds is 5. The zero-order chi connectivity index (χ0) is 14.7. The van der Waals surface area contributed by atoms with Crippen molar-refractivity contribution in [1.82, 2.24) is 15.1 Å². The van der Waals surface area contributed by atoms with Crippen LogP contribution in [-0.4, -0.2) is 64.7 Å². The summed E-state index contributed by atoms with van der Waals surface area (Å²) in [6.45, 7) is 6.40. The number of fused-ring (bicyclic) bond motifs is 1. The molecular formula is C14H25N3O3. The van der Waals surface area contributed by atoms with Crippen molar-refractivity contribution in [3.63, 3.8) is 0 Å². The number of carboxylic acid groups (broad SMARTS) is 1. The first-order chi connectivity index (χ1) is 9.52. The number of carboxylic acids is 1. The summed E-state index contributed by atoms with van der Waals surface area (Å²) in [6, 6.07) is 0.294. The molecule has 0 radical (unpaired) electrons. The Hall–Kier alpha value is -1.30. The van der Waals surface area contributed by atoms with Gasteiger partial charge in [-0.15, -0.1) is 0 Å². The molecule has 2 saturated heterocycles. The maximum absolute atomic E-state index is 12.3. The fraction of sp³-hybridized carbons (Fsp3) is 0.857. The van der Waals surface area contributed by atoms with Gasteiger partial charge in [0, 0.05) is 31.2 Å². The minimum atomic E-state index is -0.869. The van der Waals surface area contributed by atoms with Crippen LogP contribution in [0.15, 0.2) is 0 Å². The van der Waals surface area contributed by atoms with E-state index < -0.39 is 5.97 Å². The molecular weight excluding hydrogens is 258 g/mol. The summed E-state index contributed by atoms with van der Waals surface area (Å²) in [5, 5.41) is 12.0. The van der Waals surface area contributed by atoms with Gasteiger partial charge in [0.1, 0.15) is 0 Å². The molecule has 0 bridgehead atoms. The van der Waals surface area contributed by atoms with Crippen molar-refractivity contribution in [1.29, 1.82) is 0 Å². The van der Waals surface area contributed by atoms with Crippen molar-refractivity contribution in [3.8, 4) is 0 Å². The van der Waals surface area contributed by atoms with Crippen LogP contribution in [0, 0.1) is 0 Å². The Bertz CT molecular complexity index is 375. The number of hydrogen-bond acceptors (Lipinski definition) is 3. The van der Waals surface area contributed by atoms with Gasteiger partial charge in [0.2, 0.25) is 0 Å². The number of nitrogens with zero attached hydrogens (tertiary/aromatic N) is 2. The van der Waals surface area contributed by atoms with Crippen molar-refractivity contribution >= 4 is 12.0 Å². The molecule has 2 fully saturated rings. The Morgan fingerprint density at radius 3 is 2.80 bits per heavy atom. The Labute approximate surface area is 120 Å². The fourth-order valence-electron chi connectivity index (χ4n) is 3.51. The Kier molecular flexibility index (Phi) is 4.86. The third-order valence-corrected chi connectivity index (χ3v) is 4.52. The second-order valence-corrected chi connectivity index (χ2v) is 5.82. The Morgan fingerprint density at radius 1 is 1.40 bits per heavy atom. The molecule has 3 atom stereocenters. The second-order valence-electron chi connectivity index (χ2n) is 5.82. The first kappa shape index (κ1) is 15.1. The van der Waals surface area contributed by atoms with E-state index in [0.29, 0.717) is 12.6 Å². The first-order valence-electron chi connectivity index (χ1n) is 7.56. The number of aliphatic carboxylic acids is 1. The molecule has 3 unspecified atom stereocenters. The lowest BCUT2D eigenvalue weighted by Crippen LogP contribution is -2.51. The van der Waals surface area contributed by atoms with Crippen molar-refractivity contribution in [3.05, 3.63) is 0 Å². The predicted octanol–water partition coefficient (Wildman–Crippen LogP) is 1.12. The monoisotopic (exact) mass is 283 g/mol. The van der Waals surface area contributed by atoms with Crippen LogP contribution in [0.5, 0.6) is 0 Å². The van der Waals surface area contributed by atoms with Gasteiger partial charge >= 0.3 is 12.0 Å². The number of urea groups is 1. The summed E-state index contributed by atoms with van der Waals surface area (Å²) >= 11 is 0.